The normalized spacial score (nSPS) is 15.5. The number of carboxylic acids is 1. The third-order valence-corrected chi connectivity index (χ3v) is 13.8. The van der Waals surface area contributed by atoms with Crippen molar-refractivity contribution in [1.29, 1.82) is 0 Å². The molecule has 3 aliphatic carbocycles. The number of aliphatic hydroxyl groups is 1. The predicted molar refractivity (Wildman–Crippen MR) is 310 cm³/mol. The van der Waals surface area contributed by atoms with Gasteiger partial charge in [-0.3, -0.25) is 14.4 Å². The Bertz CT molecular complexity index is 3500. The summed E-state index contributed by atoms with van der Waals surface area (Å²) in [4.78, 5) is 44.2. The molecule has 0 amide bonds. The highest BCUT2D eigenvalue weighted by atomic mass is 16.5. The lowest BCUT2D eigenvalue weighted by Gasteiger charge is -2.16. The zero-order valence-corrected chi connectivity index (χ0v) is 46.0. The summed E-state index contributed by atoms with van der Waals surface area (Å²) in [6.45, 7) is 26.4. The van der Waals surface area contributed by atoms with Crippen molar-refractivity contribution in [3.8, 4) is 52.8 Å². The Balaban J connectivity index is 0.000000182. The van der Waals surface area contributed by atoms with Crippen LogP contribution in [0.2, 0.25) is 0 Å². The van der Waals surface area contributed by atoms with Crippen LogP contribution in [-0.4, -0.2) is 47.4 Å². The summed E-state index contributed by atoms with van der Waals surface area (Å²) in [5, 5.41) is 27.7. The van der Waals surface area contributed by atoms with Gasteiger partial charge in [-0.15, -0.1) is 17.8 Å². The van der Waals surface area contributed by atoms with E-state index in [4.69, 9.17) is 44.1 Å². The van der Waals surface area contributed by atoms with Gasteiger partial charge in [0.05, 0.1) is 77.1 Å². The fourth-order valence-corrected chi connectivity index (χ4v) is 9.78. The second kappa shape index (κ2) is 30.4. The molecule has 0 saturated carbocycles. The number of carboxylic acid groups (broad SMARTS) is 1. The standard InChI is InChI=1S/C23H21NO3.C22H19NO3.C13H14O3.C10H9NO/c1-4-5-17(15-23(25)26-3)16-6-10-20(11-7-16)27-22-13-8-18-14-19(24-2)9-12-21(18)22;1-3-5-16(14-22(24)25)15-8-10-17(11-9-15)26-21-13-12-18-19(21)6-4-7-20(18)23-2;1-3-4-11(9-13(15)16-2)10-5-7-12(14)8-6-10;1-11-8-3-4-9-7(6-8)2-5-10(9)12/h6-7,9-12,14,17,22H,8,13,15H2,1,3H3;4,6-11,16,21H,12-14H2,1H3,(H,24,25);5-8,11,14H,9H2,1-2H3;3-4,6,10,12H,2,5H2/t17-,22?;16-,21?;11-;/m000./s1. The summed E-state index contributed by atoms with van der Waals surface area (Å²) >= 11 is 0. The number of rotatable bonds is 13. The lowest BCUT2D eigenvalue weighted by atomic mass is 9.96. The third kappa shape index (κ3) is 17.1. The molecular formula is C68H63N3O10. The zero-order chi connectivity index (χ0) is 58.3. The van der Waals surface area contributed by atoms with Gasteiger partial charge in [0, 0.05) is 0 Å². The van der Waals surface area contributed by atoms with Crippen LogP contribution < -0.4 is 9.47 Å². The van der Waals surface area contributed by atoms with Crippen molar-refractivity contribution in [2.75, 3.05) is 14.2 Å². The molecule has 3 N–H and O–H groups in total. The highest BCUT2D eigenvalue weighted by Crippen LogP contribution is 2.41. The molecule has 3 aliphatic rings. The minimum absolute atomic E-state index is 0.00642. The van der Waals surface area contributed by atoms with Crippen LogP contribution in [0.4, 0.5) is 17.1 Å². The molecule has 9 rings (SSSR count). The van der Waals surface area contributed by atoms with E-state index in [9.17, 15) is 19.5 Å². The minimum atomic E-state index is -0.865. The van der Waals surface area contributed by atoms with Crippen molar-refractivity contribution < 1.29 is 48.7 Å². The average molecular weight is 1080 g/mol. The Morgan fingerprint density at radius 1 is 0.556 bits per heavy atom. The van der Waals surface area contributed by atoms with Crippen molar-refractivity contribution in [2.24, 2.45) is 0 Å². The molecule has 81 heavy (non-hydrogen) atoms. The Kier molecular flexibility index (Phi) is 22.7. The van der Waals surface area contributed by atoms with Crippen molar-refractivity contribution in [2.45, 2.75) is 115 Å². The number of carbonyl (C=O) groups excluding carboxylic acids is 2. The number of aliphatic carboxylic acids is 1. The number of methoxy groups -OCH3 is 2. The number of fused-ring (bicyclic) bond motifs is 3. The molecule has 13 nitrogen and oxygen atoms in total. The maximum Gasteiger partial charge on any atom is 0.307 e. The number of phenolic OH excluding ortho intramolecular Hbond substituents is 1. The minimum Gasteiger partial charge on any atom is -0.508 e. The van der Waals surface area contributed by atoms with E-state index in [1.165, 1.54) is 19.8 Å². The molecule has 0 spiro atoms. The van der Waals surface area contributed by atoms with E-state index in [0.717, 1.165) is 94.5 Å². The van der Waals surface area contributed by atoms with Crippen molar-refractivity contribution >= 4 is 35.0 Å². The average Bonchev–Trinajstić information content (AvgIpc) is 4.23. The van der Waals surface area contributed by atoms with Gasteiger partial charge in [-0.25, -0.2) is 14.5 Å². The summed E-state index contributed by atoms with van der Waals surface area (Å²) in [6.07, 6.45) is 5.33. The largest absolute Gasteiger partial charge is 0.508 e. The number of ether oxygens (including phenoxy) is 4. The van der Waals surface area contributed by atoms with Crippen molar-refractivity contribution in [3.63, 3.8) is 0 Å². The fraction of sp³-hybridized carbons (Fsp3) is 0.294. The SMILES string of the molecule is CC#C[C@@H](CC(=O)OC)c1ccc(O)cc1.[C-]#[N+]c1ccc2c(c1)CCC2O.[C-]#[N+]c1ccc2c(c1)CCC2Oc1ccc([C@@H](C#CC)CC(=O)OC)cc1.[C-]#[N+]c1cccc2c1CCC2Oc1ccc([C@@H](C#CC)CC(=O)O)cc1. The smallest absolute Gasteiger partial charge is 0.307 e. The van der Waals surface area contributed by atoms with E-state index in [1.54, 1.807) is 51.1 Å². The quantitative estimate of drug-likeness (QED) is 0.0577. The molecule has 13 heteroatoms. The van der Waals surface area contributed by atoms with Crippen LogP contribution in [-0.2, 0) is 43.1 Å². The monoisotopic (exact) mass is 1080 g/mol. The van der Waals surface area contributed by atoms with E-state index >= 15 is 0 Å². The maximum atomic E-state index is 11.6. The number of hydrogen-bond donors (Lipinski definition) is 3. The number of nitrogens with zero attached hydrogens (tertiary/aromatic N) is 3. The second-order valence-electron chi connectivity index (χ2n) is 19.0. The highest BCUT2D eigenvalue weighted by molar-refractivity contribution is 5.72. The van der Waals surface area contributed by atoms with Crippen LogP contribution in [0.15, 0.2) is 127 Å². The topological polar surface area (TPSA) is 162 Å². The molecule has 0 heterocycles. The number of aliphatic hydroxyl groups excluding tert-OH is 1. The molecule has 0 fully saturated rings. The summed E-state index contributed by atoms with van der Waals surface area (Å²) < 4.78 is 21.7. The van der Waals surface area contributed by atoms with Gasteiger partial charge in [-0.1, -0.05) is 120 Å². The number of aromatic hydroxyl groups is 1. The van der Waals surface area contributed by atoms with E-state index in [0.29, 0.717) is 17.1 Å². The van der Waals surface area contributed by atoms with Gasteiger partial charge in [0.25, 0.3) is 0 Å². The van der Waals surface area contributed by atoms with E-state index in [-0.39, 0.29) is 73.0 Å². The molecule has 410 valence electrons. The Hall–Kier alpha value is -9.76. The predicted octanol–water partition coefficient (Wildman–Crippen LogP) is 14.1. The van der Waals surface area contributed by atoms with Crippen molar-refractivity contribution in [3.05, 3.63) is 212 Å². The lowest BCUT2D eigenvalue weighted by molar-refractivity contribution is -0.141. The van der Waals surface area contributed by atoms with E-state index in [1.807, 2.05) is 97.1 Å². The van der Waals surface area contributed by atoms with Crippen molar-refractivity contribution in [1.82, 2.24) is 0 Å². The highest BCUT2D eigenvalue weighted by Gasteiger charge is 2.27. The third-order valence-electron chi connectivity index (χ3n) is 13.8. The first kappa shape index (κ1) is 60.5. The molecule has 6 aromatic rings. The first-order chi connectivity index (χ1) is 39.2. The Morgan fingerprint density at radius 3 is 1.47 bits per heavy atom. The fourth-order valence-electron chi connectivity index (χ4n) is 9.78. The molecule has 0 bridgehead atoms. The van der Waals surface area contributed by atoms with Gasteiger partial charge >= 0.3 is 17.9 Å². The maximum absolute atomic E-state index is 11.6. The summed E-state index contributed by atoms with van der Waals surface area (Å²) in [5.41, 5.74) is 11.5. The van der Waals surface area contributed by atoms with Crippen LogP contribution in [0, 0.1) is 55.2 Å². The van der Waals surface area contributed by atoms with Crippen LogP contribution >= 0.6 is 0 Å². The molecule has 0 radical (unpaired) electrons. The molecule has 6 atom stereocenters. The van der Waals surface area contributed by atoms with Gasteiger partial charge in [-0.2, -0.15) is 0 Å². The molecule has 0 aromatic heterocycles. The molecular weight excluding hydrogens is 1020 g/mol. The van der Waals surface area contributed by atoms with Crippen LogP contribution in [0.3, 0.4) is 0 Å². The van der Waals surface area contributed by atoms with Crippen LogP contribution in [0.5, 0.6) is 17.2 Å². The Morgan fingerprint density at radius 2 is 1.00 bits per heavy atom. The second-order valence-corrected chi connectivity index (χ2v) is 19.0. The van der Waals surface area contributed by atoms with Crippen LogP contribution in [0.25, 0.3) is 14.5 Å². The van der Waals surface area contributed by atoms with Gasteiger partial charge < -0.3 is 34.3 Å². The molecule has 6 aromatic carbocycles. The first-order valence-electron chi connectivity index (χ1n) is 26.4. The number of hydrogen-bond acceptors (Lipinski definition) is 9. The molecule has 0 saturated heterocycles. The summed E-state index contributed by atoms with van der Waals surface area (Å²) in [5.74, 6) is 17.0. The molecule has 0 aliphatic heterocycles. The Labute approximate surface area is 475 Å². The number of carbonyl (C=O) groups is 3. The van der Waals surface area contributed by atoms with Crippen LogP contribution in [0.1, 0.15) is 145 Å². The molecule has 3 unspecified atom stereocenters. The number of esters is 2. The number of aryl methyl sites for hydroxylation is 2. The van der Waals surface area contributed by atoms with Gasteiger partial charge in [0.1, 0.15) is 29.5 Å². The first-order valence-corrected chi connectivity index (χ1v) is 26.4. The number of benzene rings is 6. The van der Waals surface area contributed by atoms with Gasteiger partial charge in [0.2, 0.25) is 0 Å². The van der Waals surface area contributed by atoms with E-state index in [2.05, 4.69) is 54.8 Å². The summed E-state index contributed by atoms with van der Waals surface area (Å²) in [6, 6.07) is 38.9. The summed E-state index contributed by atoms with van der Waals surface area (Å²) in [7, 11) is 2.74. The van der Waals surface area contributed by atoms with Gasteiger partial charge in [-0.05, 0) is 135 Å². The lowest BCUT2D eigenvalue weighted by Crippen LogP contribution is -2.08. The van der Waals surface area contributed by atoms with Gasteiger partial charge in [0.15, 0.2) is 17.1 Å². The number of phenols is 1. The zero-order valence-electron chi connectivity index (χ0n) is 46.0. The van der Waals surface area contributed by atoms with E-state index < -0.39 is 5.97 Å².